The second-order valence-corrected chi connectivity index (χ2v) is 6.53. The molecule has 0 bridgehead atoms. The van der Waals surface area contributed by atoms with Crippen molar-refractivity contribution in [3.63, 3.8) is 0 Å². The first-order chi connectivity index (χ1) is 8.40. The molecule has 0 amide bonds. The van der Waals surface area contributed by atoms with Crippen molar-refractivity contribution >= 4 is 17.6 Å². The van der Waals surface area contributed by atoms with Crippen molar-refractivity contribution in [2.45, 2.75) is 33.1 Å². The van der Waals surface area contributed by atoms with Gasteiger partial charge >= 0.3 is 0 Å². The molecule has 0 atom stereocenters. The largest absolute Gasteiger partial charge is 0.298 e. The standard InChI is InChI=1S/C15H17NOS/c1-10-16-14(9-18-10)12-5-11(8-17)6-13(7-12)15(2,3)4/h5-9H,1-4H3. The van der Waals surface area contributed by atoms with E-state index in [-0.39, 0.29) is 5.41 Å². The van der Waals surface area contributed by atoms with Crippen molar-refractivity contribution in [1.82, 2.24) is 4.98 Å². The van der Waals surface area contributed by atoms with E-state index in [4.69, 9.17) is 0 Å². The molecule has 94 valence electrons. The highest BCUT2D eigenvalue weighted by atomic mass is 32.1. The van der Waals surface area contributed by atoms with Crippen LogP contribution in [0.2, 0.25) is 0 Å². The van der Waals surface area contributed by atoms with Gasteiger partial charge in [0.2, 0.25) is 0 Å². The van der Waals surface area contributed by atoms with Crippen molar-refractivity contribution in [3.05, 3.63) is 39.7 Å². The molecule has 2 nitrogen and oxygen atoms in total. The maximum absolute atomic E-state index is 11.1. The van der Waals surface area contributed by atoms with E-state index in [1.807, 2.05) is 24.4 Å². The number of benzene rings is 1. The van der Waals surface area contributed by atoms with Gasteiger partial charge in [0, 0.05) is 16.5 Å². The highest BCUT2D eigenvalue weighted by Crippen LogP contribution is 2.29. The third-order valence-electron chi connectivity index (χ3n) is 2.87. The summed E-state index contributed by atoms with van der Waals surface area (Å²) in [6.45, 7) is 8.43. The summed E-state index contributed by atoms with van der Waals surface area (Å²) in [5, 5.41) is 3.07. The fourth-order valence-corrected chi connectivity index (χ4v) is 2.42. The molecular formula is C15H17NOS. The van der Waals surface area contributed by atoms with Crippen molar-refractivity contribution < 1.29 is 4.79 Å². The van der Waals surface area contributed by atoms with Crippen LogP contribution in [0.1, 0.15) is 41.7 Å². The Balaban J connectivity index is 2.57. The number of aldehydes is 1. The lowest BCUT2D eigenvalue weighted by molar-refractivity contribution is 0.112. The van der Waals surface area contributed by atoms with Gasteiger partial charge in [0.25, 0.3) is 0 Å². The lowest BCUT2D eigenvalue weighted by atomic mass is 9.85. The van der Waals surface area contributed by atoms with Gasteiger partial charge in [0.15, 0.2) is 0 Å². The van der Waals surface area contributed by atoms with Gasteiger partial charge in [0.05, 0.1) is 10.7 Å². The first-order valence-electron chi connectivity index (χ1n) is 5.93. The molecule has 1 heterocycles. The van der Waals surface area contributed by atoms with Gasteiger partial charge in [0.1, 0.15) is 6.29 Å². The molecule has 0 saturated heterocycles. The second kappa shape index (κ2) is 4.65. The Kier molecular flexibility index (Phi) is 3.35. The summed E-state index contributed by atoms with van der Waals surface area (Å²) in [4.78, 5) is 15.5. The van der Waals surface area contributed by atoms with Crippen molar-refractivity contribution in [3.8, 4) is 11.3 Å². The number of aromatic nitrogens is 1. The summed E-state index contributed by atoms with van der Waals surface area (Å²) in [6.07, 6.45) is 0.901. The van der Waals surface area contributed by atoms with Gasteiger partial charge < -0.3 is 0 Å². The van der Waals surface area contributed by atoms with Crippen molar-refractivity contribution in [2.75, 3.05) is 0 Å². The highest BCUT2D eigenvalue weighted by molar-refractivity contribution is 7.09. The Hall–Kier alpha value is -1.48. The molecular weight excluding hydrogens is 242 g/mol. The molecule has 1 aromatic carbocycles. The highest BCUT2D eigenvalue weighted by Gasteiger charge is 2.16. The van der Waals surface area contributed by atoms with Gasteiger partial charge in [-0.2, -0.15) is 0 Å². The monoisotopic (exact) mass is 259 g/mol. The fraction of sp³-hybridized carbons (Fsp3) is 0.333. The number of nitrogens with zero attached hydrogens (tertiary/aromatic N) is 1. The predicted molar refractivity (Wildman–Crippen MR) is 76.4 cm³/mol. The van der Waals surface area contributed by atoms with Crippen LogP contribution in [0.15, 0.2) is 23.6 Å². The van der Waals surface area contributed by atoms with E-state index >= 15 is 0 Å². The van der Waals surface area contributed by atoms with Crippen LogP contribution in [-0.4, -0.2) is 11.3 Å². The molecule has 0 radical (unpaired) electrons. The van der Waals surface area contributed by atoms with Crippen LogP contribution in [-0.2, 0) is 5.41 Å². The first-order valence-corrected chi connectivity index (χ1v) is 6.81. The van der Waals surface area contributed by atoms with Crippen LogP contribution in [0, 0.1) is 6.92 Å². The Morgan fingerprint density at radius 1 is 1.22 bits per heavy atom. The molecule has 0 unspecified atom stereocenters. The molecule has 0 fully saturated rings. The fourth-order valence-electron chi connectivity index (χ4n) is 1.80. The third-order valence-corrected chi connectivity index (χ3v) is 3.65. The first kappa shape index (κ1) is 13.0. The Morgan fingerprint density at radius 3 is 2.44 bits per heavy atom. The van der Waals surface area contributed by atoms with Crippen molar-refractivity contribution in [2.24, 2.45) is 0 Å². The molecule has 2 aromatic rings. The van der Waals surface area contributed by atoms with E-state index in [0.29, 0.717) is 5.56 Å². The average molecular weight is 259 g/mol. The van der Waals surface area contributed by atoms with E-state index in [1.165, 1.54) is 0 Å². The van der Waals surface area contributed by atoms with Crippen LogP contribution < -0.4 is 0 Å². The number of hydrogen-bond donors (Lipinski definition) is 0. The molecule has 18 heavy (non-hydrogen) atoms. The number of rotatable bonds is 2. The molecule has 0 aliphatic rings. The lowest BCUT2D eigenvalue weighted by Crippen LogP contribution is -2.11. The van der Waals surface area contributed by atoms with E-state index in [2.05, 4.69) is 31.8 Å². The van der Waals surface area contributed by atoms with Crippen LogP contribution in [0.25, 0.3) is 11.3 Å². The van der Waals surface area contributed by atoms with E-state index in [1.54, 1.807) is 11.3 Å². The molecule has 2 rings (SSSR count). The zero-order valence-electron chi connectivity index (χ0n) is 11.2. The summed E-state index contributed by atoms with van der Waals surface area (Å²) in [5.41, 5.74) is 3.87. The van der Waals surface area contributed by atoms with E-state index < -0.39 is 0 Å². The molecule has 3 heteroatoms. The Labute approximate surface area is 112 Å². The quantitative estimate of drug-likeness (QED) is 0.755. The van der Waals surface area contributed by atoms with Gasteiger partial charge in [-0.05, 0) is 36.1 Å². The number of carbonyl (C=O) groups is 1. The summed E-state index contributed by atoms with van der Waals surface area (Å²) in [5.74, 6) is 0. The summed E-state index contributed by atoms with van der Waals surface area (Å²) < 4.78 is 0. The Bertz CT molecular complexity index is 578. The van der Waals surface area contributed by atoms with E-state index in [0.717, 1.165) is 28.1 Å². The second-order valence-electron chi connectivity index (χ2n) is 5.46. The zero-order chi connectivity index (χ0) is 13.3. The minimum atomic E-state index is 0.0266. The van der Waals surface area contributed by atoms with Crippen LogP contribution in [0.3, 0.4) is 0 Å². The summed E-state index contributed by atoms with van der Waals surface area (Å²) >= 11 is 1.63. The van der Waals surface area contributed by atoms with Crippen molar-refractivity contribution in [1.29, 1.82) is 0 Å². The minimum Gasteiger partial charge on any atom is -0.298 e. The number of aryl methyl sites for hydroxylation is 1. The summed E-state index contributed by atoms with van der Waals surface area (Å²) in [7, 11) is 0. The predicted octanol–water partition coefficient (Wildman–Crippen LogP) is 4.23. The Morgan fingerprint density at radius 2 is 1.94 bits per heavy atom. The topological polar surface area (TPSA) is 30.0 Å². The van der Waals surface area contributed by atoms with Gasteiger partial charge in [-0.25, -0.2) is 4.98 Å². The smallest absolute Gasteiger partial charge is 0.150 e. The molecule has 0 saturated carbocycles. The minimum absolute atomic E-state index is 0.0266. The molecule has 0 aliphatic heterocycles. The number of carbonyl (C=O) groups excluding carboxylic acids is 1. The number of thiazole rings is 1. The van der Waals surface area contributed by atoms with Crippen LogP contribution >= 0.6 is 11.3 Å². The maximum Gasteiger partial charge on any atom is 0.150 e. The molecule has 0 N–H and O–H groups in total. The summed E-state index contributed by atoms with van der Waals surface area (Å²) in [6, 6.07) is 5.98. The normalized spacial score (nSPS) is 11.6. The molecule has 1 aromatic heterocycles. The van der Waals surface area contributed by atoms with Gasteiger partial charge in [-0.3, -0.25) is 4.79 Å². The molecule has 0 aliphatic carbocycles. The number of hydrogen-bond acceptors (Lipinski definition) is 3. The van der Waals surface area contributed by atoms with Crippen LogP contribution in [0.4, 0.5) is 0 Å². The maximum atomic E-state index is 11.1. The third kappa shape index (κ3) is 2.67. The van der Waals surface area contributed by atoms with Crippen LogP contribution in [0.5, 0.6) is 0 Å². The average Bonchev–Trinajstić information content (AvgIpc) is 2.74. The zero-order valence-corrected chi connectivity index (χ0v) is 12.0. The SMILES string of the molecule is Cc1nc(-c2cc(C=O)cc(C(C)(C)C)c2)cs1. The van der Waals surface area contributed by atoms with Gasteiger partial charge in [-0.1, -0.05) is 20.8 Å². The molecule has 0 spiro atoms. The van der Waals surface area contributed by atoms with Gasteiger partial charge in [-0.15, -0.1) is 11.3 Å². The van der Waals surface area contributed by atoms with E-state index in [9.17, 15) is 4.79 Å². The lowest BCUT2D eigenvalue weighted by Gasteiger charge is -2.20.